The van der Waals surface area contributed by atoms with Crippen LogP contribution >= 0.6 is 0 Å². The first-order chi connectivity index (χ1) is 13.3. The topological polar surface area (TPSA) is 182 Å². The second-order valence-corrected chi connectivity index (χ2v) is 6.96. The highest BCUT2D eigenvalue weighted by atomic mass is 16.6. The first-order valence-electron chi connectivity index (χ1n) is 8.69. The fraction of sp³-hybridized carbons (Fsp3) is 0.529. The monoisotopic (exact) mass is 390 g/mol. The van der Waals surface area contributed by atoms with Gasteiger partial charge in [-0.2, -0.15) is 10.4 Å². The van der Waals surface area contributed by atoms with Crippen LogP contribution in [0.4, 0.5) is 5.82 Å². The lowest BCUT2D eigenvalue weighted by Crippen LogP contribution is -2.46. The number of esters is 1. The number of nitriles is 1. The molecule has 0 bridgehead atoms. The predicted molar refractivity (Wildman–Crippen MR) is 95.3 cm³/mol. The lowest BCUT2D eigenvalue weighted by Gasteiger charge is -2.25. The molecule has 3 rings (SSSR count). The van der Waals surface area contributed by atoms with Gasteiger partial charge in [-0.15, -0.1) is 0 Å². The molecule has 0 unspecified atom stereocenters. The fourth-order valence-corrected chi connectivity index (χ4v) is 3.17. The number of nitrogen functional groups attached to an aromatic ring is 1. The zero-order chi connectivity index (χ0) is 20.6. The van der Waals surface area contributed by atoms with Gasteiger partial charge in [-0.1, -0.05) is 13.8 Å². The van der Waals surface area contributed by atoms with E-state index in [2.05, 4.69) is 10.1 Å². The van der Waals surface area contributed by atoms with Crippen molar-refractivity contribution in [3.63, 3.8) is 0 Å². The van der Waals surface area contributed by atoms with E-state index in [1.807, 2.05) is 6.07 Å². The van der Waals surface area contributed by atoms with E-state index in [4.69, 9.17) is 20.9 Å². The van der Waals surface area contributed by atoms with E-state index in [1.165, 1.54) is 16.9 Å². The number of hydrogen-bond acceptors (Lipinski definition) is 10. The maximum absolute atomic E-state index is 12.3. The van der Waals surface area contributed by atoms with E-state index in [1.54, 1.807) is 19.9 Å². The Hall–Kier alpha value is -2.78. The Labute approximate surface area is 160 Å². The lowest BCUT2D eigenvalue weighted by molar-refractivity contribution is -0.159. The molecule has 2 aromatic rings. The number of nitrogens with zero attached hydrogens (tertiary/aromatic N) is 4. The molecule has 3 heterocycles. The van der Waals surface area contributed by atoms with Gasteiger partial charge in [0.05, 0.1) is 12.3 Å². The van der Waals surface area contributed by atoms with Crippen molar-refractivity contribution in [1.82, 2.24) is 14.6 Å². The van der Waals surface area contributed by atoms with E-state index in [-0.39, 0.29) is 17.4 Å². The smallest absolute Gasteiger partial charge is 0.323 e. The van der Waals surface area contributed by atoms with Crippen LogP contribution < -0.4 is 11.5 Å². The van der Waals surface area contributed by atoms with Gasteiger partial charge in [-0.25, -0.2) is 9.50 Å². The van der Waals surface area contributed by atoms with Crippen molar-refractivity contribution in [3.05, 3.63) is 24.2 Å². The lowest BCUT2D eigenvalue weighted by atomic mass is 9.92. The van der Waals surface area contributed by atoms with Gasteiger partial charge in [-0.3, -0.25) is 4.79 Å². The summed E-state index contributed by atoms with van der Waals surface area (Å²) in [7, 11) is 0. The normalized spacial score (nSPS) is 28.4. The summed E-state index contributed by atoms with van der Waals surface area (Å²) < 4.78 is 12.3. The Bertz CT molecular complexity index is 924. The molecule has 150 valence electrons. The molecule has 28 heavy (non-hydrogen) atoms. The van der Waals surface area contributed by atoms with Crippen LogP contribution in [-0.2, 0) is 19.9 Å². The number of carbonyl (C=O) groups excluding carboxylic acids is 1. The Morgan fingerprint density at radius 3 is 2.86 bits per heavy atom. The van der Waals surface area contributed by atoms with Crippen LogP contribution in [0.2, 0.25) is 0 Å². The molecule has 1 aliphatic heterocycles. The minimum Gasteiger partial charge on any atom is -0.455 e. The highest BCUT2D eigenvalue weighted by Crippen LogP contribution is 2.41. The van der Waals surface area contributed by atoms with E-state index in [0.717, 1.165) is 0 Å². The van der Waals surface area contributed by atoms with Gasteiger partial charge in [0.1, 0.15) is 36.2 Å². The Morgan fingerprint density at radius 1 is 1.54 bits per heavy atom. The molecule has 0 saturated carbocycles. The average Bonchev–Trinajstić information content (AvgIpc) is 3.22. The first kappa shape index (κ1) is 20.0. The van der Waals surface area contributed by atoms with Gasteiger partial charge in [-0.05, 0) is 18.1 Å². The van der Waals surface area contributed by atoms with Crippen LogP contribution in [-0.4, -0.2) is 61.7 Å². The minimum absolute atomic E-state index is 0.164. The number of fused-ring (bicyclic) bond motifs is 1. The molecule has 1 fully saturated rings. The van der Waals surface area contributed by atoms with Crippen LogP contribution in [0.15, 0.2) is 18.5 Å². The van der Waals surface area contributed by atoms with Gasteiger partial charge in [0.15, 0.2) is 11.9 Å². The number of ether oxygens (including phenoxy) is 2. The molecule has 0 radical (unpaired) electrons. The van der Waals surface area contributed by atoms with Crippen LogP contribution in [0.5, 0.6) is 0 Å². The Morgan fingerprint density at radius 2 is 2.25 bits per heavy atom. The summed E-state index contributed by atoms with van der Waals surface area (Å²) >= 11 is 0. The summed E-state index contributed by atoms with van der Waals surface area (Å²) in [6.07, 6.45) is -2.84. The van der Waals surface area contributed by atoms with Crippen molar-refractivity contribution in [2.75, 3.05) is 12.3 Å². The van der Waals surface area contributed by atoms with Gasteiger partial charge < -0.3 is 31.2 Å². The van der Waals surface area contributed by atoms with Gasteiger partial charge in [0.2, 0.25) is 5.60 Å². The van der Waals surface area contributed by atoms with Crippen molar-refractivity contribution in [1.29, 1.82) is 5.26 Å². The van der Waals surface area contributed by atoms with E-state index < -0.39 is 42.5 Å². The quantitative estimate of drug-likeness (QED) is 0.447. The highest BCUT2D eigenvalue weighted by Gasteiger charge is 2.59. The van der Waals surface area contributed by atoms with E-state index >= 15 is 0 Å². The SMILES string of the molecule is CC(C)[C@H](N)C(=O)O[C@H]1[C@@H](O)[C@](C#N)(c2ccc3c(N)ncnn23)O[C@@H]1CO. The number of aromatic nitrogens is 3. The molecular weight excluding hydrogens is 368 g/mol. The maximum atomic E-state index is 12.3. The van der Waals surface area contributed by atoms with Crippen LogP contribution in [0, 0.1) is 17.2 Å². The third-order valence-corrected chi connectivity index (χ3v) is 4.88. The number of rotatable bonds is 5. The van der Waals surface area contributed by atoms with E-state index in [9.17, 15) is 20.3 Å². The summed E-state index contributed by atoms with van der Waals surface area (Å²) in [5.74, 6) is -0.789. The number of carbonyl (C=O) groups is 1. The van der Waals surface area contributed by atoms with Crippen LogP contribution in [0.25, 0.3) is 5.52 Å². The maximum Gasteiger partial charge on any atom is 0.323 e. The number of aliphatic hydroxyl groups is 2. The fourth-order valence-electron chi connectivity index (χ4n) is 3.17. The average molecular weight is 390 g/mol. The summed E-state index contributed by atoms with van der Waals surface area (Å²) in [6.45, 7) is 2.90. The third-order valence-electron chi connectivity index (χ3n) is 4.88. The van der Waals surface area contributed by atoms with Crippen LogP contribution in [0.1, 0.15) is 19.5 Å². The predicted octanol–water partition coefficient (Wildman–Crippen LogP) is -1.32. The van der Waals surface area contributed by atoms with Gasteiger partial charge in [0.25, 0.3) is 0 Å². The second-order valence-electron chi connectivity index (χ2n) is 6.96. The first-order valence-corrected chi connectivity index (χ1v) is 8.69. The zero-order valence-corrected chi connectivity index (χ0v) is 15.4. The molecule has 6 N–H and O–H groups in total. The molecule has 0 amide bonds. The summed E-state index contributed by atoms with van der Waals surface area (Å²) in [4.78, 5) is 16.1. The van der Waals surface area contributed by atoms with Crippen molar-refractivity contribution < 1.29 is 24.5 Å². The van der Waals surface area contributed by atoms with Gasteiger partial charge in [0, 0.05) is 0 Å². The summed E-state index contributed by atoms with van der Waals surface area (Å²) in [5, 5.41) is 34.5. The summed E-state index contributed by atoms with van der Waals surface area (Å²) in [5.41, 5.74) is 10.2. The highest BCUT2D eigenvalue weighted by molar-refractivity contribution is 5.76. The van der Waals surface area contributed by atoms with Crippen LogP contribution in [0.3, 0.4) is 0 Å². The van der Waals surface area contributed by atoms with Gasteiger partial charge >= 0.3 is 5.97 Å². The molecule has 1 saturated heterocycles. The number of nitrogens with two attached hydrogens (primary N) is 2. The molecule has 2 aromatic heterocycles. The summed E-state index contributed by atoms with van der Waals surface area (Å²) in [6, 6.07) is 4.08. The van der Waals surface area contributed by atoms with Crippen molar-refractivity contribution in [3.8, 4) is 6.07 Å². The molecule has 0 aromatic carbocycles. The Balaban J connectivity index is 2.01. The Kier molecular flexibility index (Phi) is 5.22. The third kappa shape index (κ3) is 2.96. The standard InChI is InChI=1S/C17H22N6O5/c1-8(2)12(19)16(26)27-13-10(5-24)28-17(6-18,14(13)25)11-4-3-9-15(20)21-7-22-23(9)11/h3-4,7-8,10,12-14,24-25H,5,19H2,1-2H3,(H2,20,21,22)/t10-,12+,13-,14-,17+/m1/s1. The van der Waals surface area contributed by atoms with E-state index in [0.29, 0.717) is 5.52 Å². The number of hydrogen-bond donors (Lipinski definition) is 4. The molecule has 1 aliphatic rings. The zero-order valence-electron chi connectivity index (χ0n) is 15.4. The molecule has 0 spiro atoms. The second kappa shape index (κ2) is 7.33. The molecule has 5 atom stereocenters. The largest absolute Gasteiger partial charge is 0.455 e. The van der Waals surface area contributed by atoms with Crippen molar-refractivity contribution >= 4 is 17.3 Å². The minimum atomic E-state index is -1.95. The number of aliphatic hydroxyl groups excluding tert-OH is 2. The molecular formula is C17H22N6O5. The van der Waals surface area contributed by atoms with Crippen molar-refractivity contribution in [2.45, 2.75) is 43.8 Å². The number of anilines is 1. The molecule has 0 aliphatic carbocycles. The van der Waals surface area contributed by atoms with Crippen molar-refractivity contribution in [2.24, 2.45) is 11.7 Å². The molecule has 11 nitrogen and oxygen atoms in total. The molecule has 11 heteroatoms.